The van der Waals surface area contributed by atoms with Gasteiger partial charge in [0.05, 0.1) is 5.75 Å². The van der Waals surface area contributed by atoms with E-state index in [2.05, 4.69) is 15.5 Å². The molecule has 1 aromatic rings. The number of amides is 1. The van der Waals surface area contributed by atoms with Crippen molar-refractivity contribution in [3.8, 4) is 0 Å². The molecule has 0 spiro atoms. The predicted molar refractivity (Wildman–Crippen MR) is 65.1 cm³/mol. The smallest absolute Gasteiger partial charge is 0.344 e. The summed E-state index contributed by atoms with van der Waals surface area (Å²) in [7, 11) is 0. The molecule has 0 atom stereocenters. The molecule has 1 aliphatic rings. The first-order valence-corrected chi connectivity index (χ1v) is 6.65. The first kappa shape index (κ1) is 12.2. The summed E-state index contributed by atoms with van der Waals surface area (Å²) < 4.78 is 1.65. The summed E-state index contributed by atoms with van der Waals surface area (Å²) in [4.78, 5) is 22.9. The molecule has 1 amide bonds. The number of carbonyl (C=O) groups is 1. The topological polar surface area (TPSA) is 79.8 Å². The van der Waals surface area contributed by atoms with E-state index in [0.29, 0.717) is 5.16 Å². The minimum absolute atomic E-state index is 0.0391. The van der Waals surface area contributed by atoms with E-state index >= 15 is 0 Å². The van der Waals surface area contributed by atoms with Crippen molar-refractivity contribution in [2.75, 3.05) is 5.75 Å². The summed E-state index contributed by atoms with van der Waals surface area (Å²) in [6, 6.07) is 0.407. The Balaban J connectivity index is 1.95. The van der Waals surface area contributed by atoms with Gasteiger partial charge < -0.3 is 5.32 Å². The molecule has 6 nitrogen and oxygen atoms in total. The largest absolute Gasteiger partial charge is 0.353 e. The number of H-pyrrole nitrogens is 1. The molecular formula is C10H16N4O2S. The summed E-state index contributed by atoms with van der Waals surface area (Å²) >= 11 is 1.29. The number of hydrogen-bond donors (Lipinski definition) is 2. The van der Waals surface area contributed by atoms with Crippen LogP contribution in [0.1, 0.15) is 32.7 Å². The van der Waals surface area contributed by atoms with Gasteiger partial charge in [-0.05, 0) is 26.7 Å². The Morgan fingerprint density at radius 3 is 2.94 bits per heavy atom. The van der Waals surface area contributed by atoms with Gasteiger partial charge in [-0.15, -0.1) is 5.10 Å². The second-order valence-corrected chi connectivity index (χ2v) is 5.37. The first-order chi connectivity index (χ1) is 8.08. The third kappa shape index (κ3) is 3.12. The van der Waals surface area contributed by atoms with Crippen molar-refractivity contribution in [3.05, 3.63) is 10.5 Å². The number of rotatable bonds is 5. The molecule has 7 heteroatoms. The summed E-state index contributed by atoms with van der Waals surface area (Å²) in [5.41, 5.74) is -0.181. The van der Waals surface area contributed by atoms with Crippen LogP contribution >= 0.6 is 11.8 Å². The van der Waals surface area contributed by atoms with E-state index in [1.54, 1.807) is 4.57 Å². The highest BCUT2D eigenvalue weighted by atomic mass is 32.2. The van der Waals surface area contributed by atoms with Gasteiger partial charge in [-0.2, -0.15) is 0 Å². The number of thioether (sulfide) groups is 1. The van der Waals surface area contributed by atoms with E-state index in [-0.39, 0.29) is 29.4 Å². The summed E-state index contributed by atoms with van der Waals surface area (Å²) in [5.74, 6) is 0.248. The van der Waals surface area contributed by atoms with Gasteiger partial charge in [0.25, 0.3) is 0 Å². The molecular weight excluding hydrogens is 240 g/mol. The molecule has 0 unspecified atom stereocenters. The lowest BCUT2D eigenvalue weighted by Crippen LogP contribution is -2.31. The molecule has 0 radical (unpaired) electrons. The number of nitrogens with zero attached hydrogens (tertiary/aromatic N) is 2. The Morgan fingerprint density at radius 2 is 2.35 bits per heavy atom. The van der Waals surface area contributed by atoms with Crippen molar-refractivity contribution in [2.24, 2.45) is 0 Å². The fraction of sp³-hybridized carbons (Fsp3) is 0.700. The number of aromatic amines is 1. The molecule has 2 N–H and O–H groups in total. The molecule has 2 rings (SSSR count). The maximum atomic E-state index is 11.5. The van der Waals surface area contributed by atoms with Gasteiger partial charge in [-0.25, -0.2) is 9.89 Å². The second kappa shape index (κ2) is 4.95. The van der Waals surface area contributed by atoms with Crippen LogP contribution in [0.4, 0.5) is 0 Å². The summed E-state index contributed by atoms with van der Waals surface area (Å²) in [6.45, 7) is 3.83. The van der Waals surface area contributed by atoms with E-state index in [4.69, 9.17) is 0 Å². The lowest BCUT2D eigenvalue weighted by Gasteiger charge is -2.07. The molecule has 1 saturated carbocycles. The lowest BCUT2D eigenvalue weighted by atomic mass is 10.4. The SMILES string of the molecule is CC(C)NC(=O)CSc1n[nH]c(=O)n1C1CC1. The standard InChI is InChI=1S/C10H16N4O2S/c1-6(2)11-8(15)5-17-10-13-12-9(16)14(10)7-3-4-7/h6-7H,3-5H2,1-2H3,(H,11,15)(H,12,16). The minimum Gasteiger partial charge on any atom is -0.353 e. The maximum absolute atomic E-state index is 11.5. The highest BCUT2D eigenvalue weighted by molar-refractivity contribution is 7.99. The molecule has 1 fully saturated rings. The average molecular weight is 256 g/mol. The van der Waals surface area contributed by atoms with Crippen LogP contribution in [0.5, 0.6) is 0 Å². The fourth-order valence-corrected chi connectivity index (χ4v) is 2.37. The minimum atomic E-state index is -0.181. The summed E-state index contributed by atoms with van der Waals surface area (Å²) in [5, 5.41) is 9.77. The zero-order chi connectivity index (χ0) is 12.4. The molecule has 1 aliphatic carbocycles. The van der Waals surface area contributed by atoms with Crippen LogP contribution in [0.3, 0.4) is 0 Å². The molecule has 0 aromatic carbocycles. The third-order valence-electron chi connectivity index (χ3n) is 2.37. The second-order valence-electron chi connectivity index (χ2n) is 4.42. The Morgan fingerprint density at radius 1 is 1.65 bits per heavy atom. The Kier molecular flexibility index (Phi) is 3.56. The number of hydrogen-bond acceptors (Lipinski definition) is 4. The van der Waals surface area contributed by atoms with E-state index in [0.717, 1.165) is 12.8 Å². The van der Waals surface area contributed by atoms with Gasteiger partial charge in [0, 0.05) is 12.1 Å². The molecule has 1 heterocycles. The monoisotopic (exact) mass is 256 g/mol. The van der Waals surface area contributed by atoms with E-state index in [1.807, 2.05) is 13.8 Å². The van der Waals surface area contributed by atoms with Crippen LogP contribution < -0.4 is 11.0 Å². The van der Waals surface area contributed by atoms with Crippen molar-refractivity contribution >= 4 is 17.7 Å². The van der Waals surface area contributed by atoms with Gasteiger partial charge >= 0.3 is 5.69 Å². The van der Waals surface area contributed by atoms with Gasteiger partial charge in [0.15, 0.2) is 5.16 Å². The van der Waals surface area contributed by atoms with E-state index in [9.17, 15) is 9.59 Å². The average Bonchev–Trinajstić information content (AvgIpc) is 2.99. The molecule has 1 aromatic heterocycles. The van der Waals surface area contributed by atoms with Crippen molar-refractivity contribution < 1.29 is 4.79 Å². The normalized spacial score (nSPS) is 15.2. The van der Waals surface area contributed by atoms with Crippen molar-refractivity contribution in [1.29, 1.82) is 0 Å². The lowest BCUT2D eigenvalue weighted by molar-refractivity contribution is -0.119. The van der Waals surface area contributed by atoms with Crippen LogP contribution in [0, 0.1) is 0 Å². The third-order valence-corrected chi connectivity index (χ3v) is 3.32. The zero-order valence-electron chi connectivity index (χ0n) is 9.90. The first-order valence-electron chi connectivity index (χ1n) is 5.67. The van der Waals surface area contributed by atoms with Gasteiger partial charge in [-0.3, -0.25) is 9.36 Å². The maximum Gasteiger partial charge on any atom is 0.344 e. The van der Waals surface area contributed by atoms with Crippen LogP contribution in [-0.2, 0) is 4.79 Å². The quantitative estimate of drug-likeness (QED) is 0.753. The predicted octanol–water partition coefficient (Wildman–Crippen LogP) is 0.523. The Labute approximate surface area is 103 Å². The molecule has 94 valence electrons. The van der Waals surface area contributed by atoms with Crippen LogP contribution in [-0.4, -0.2) is 32.5 Å². The van der Waals surface area contributed by atoms with Crippen molar-refractivity contribution in [2.45, 2.75) is 43.9 Å². The van der Waals surface area contributed by atoms with E-state index < -0.39 is 0 Å². The van der Waals surface area contributed by atoms with Crippen molar-refractivity contribution in [1.82, 2.24) is 20.1 Å². The van der Waals surface area contributed by atoms with E-state index in [1.165, 1.54) is 11.8 Å². The van der Waals surface area contributed by atoms with Crippen LogP contribution in [0.15, 0.2) is 9.95 Å². The molecule has 0 aliphatic heterocycles. The Hall–Kier alpha value is -1.24. The zero-order valence-corrected chi connectivity index (χ0v) is 10.7. The number of aromatic nitrogens is 3. The highest BCUT2D eigenvalue weighted by Gasteiger charge is 2.28. The molecule has 17 heavy (non-hydrogen) atoms. The van der Waals surface area contributed by atoms with Crippen LogP contribution in [0.25, 0.3) is 0 Å². The Bertz CT molecular complexity index is 461. The van der Waals surface area contributed by atoms with Gasteiger partial charge in [0.2, 0.25) is 5.91 Å². The van der Waals surface area contributed by atoms with Gasteiger partial charge in [0.1, 0.15) is 0 Å². The highest BCUT2D eigenvalue weighted by Crippen LogP contribution is 2.35. The number of carbonyl (C=O) groups excluding carboxylic acids is 1. The number of nitrogens with one attached hydrogen (secondary N) is 2. The molecule has 0 bridgehead atoms. The van der Waals surface area contributed by atoms with Crippen molar-refractivity contribution in [3.63, 3.8) is 0 Å². The fourth-order valence-electron chi connectivity index (χ4n) is 1.54. The van der Waals surface area contributed by atoms with Crippen LogP contribution in [0.2, 0.25) is 0 Å². The van der Waals surface area contributed by atoms with Gasteiger partial charge in [-0.1, -0.05) is 11.8 Å². The molecule has 0 saturated heterocycles. The summed E-state index contributed by atoms with van der Waals surface area (Å²) in [6.07, 6.45) is 2.04.